The van der Waals surface area contributed by atoms with E-state index in [-0.39, 0.29) is 24.2 Å². The highest BCUT2D eigenvalue weighted by Gasteiger charge is 2.33. The van der Waals surface area contributed by atoms with Gasteiger partial charge in [-0.15, -0.1) is 0 Å². The fraction of sp³-hybridized carbons (Fsp3) is 0.286. The third-order valence-electron chi connectivity index (χ3n) is 4.39. The molecule has 3 amide bonds. The lowest BCUT2D eigenvalue weighted by Crippen LogP contribution is -2.42. The number of benzene rings is 2. The third kappa shape index (κ3) is 4.80. The van der Waals surface area contributed by atoms with Crippen LogP contribution in [0.1, 0.15) is 41.5 Å². The van der Waals surface area contributed by atoms with Crippen molar-refractivity contribution in [3.8, 4) is 0 Å². The van der Waals surface area contributed by atoms with Crippen LogP contribution in [0.5, 0.6) is 0 Å². The van der Waals surface area contributed by atoms with Gasteiger partial charge in [0, 0.05) is 19.2 Å². The summed E-state index contributed by atoms with van der Waals surface area (Å²) in [6.07, 6.45) is -0.635. The SMILES string of the molecule is CC(C)(C)OC(=O)NCCN1C(=O)c2cccc([N+](=O)[O-])c2C(=O)Nc2ccccc21. The van der Waals surface area contributed by atoms with E-state index in [4.69, 9.17) is 4.74 Å². The second kappa shape index (κ2) is 8.42. The number of nitrogens with one attached hydrogen (secondary N) is 2. The number of nitro benzene ring substituents is 1. The second-order valence-corrected chi connectivity index (χ2v) is 7.81. The van der Waals surface area contributed by atoms with Gasteiger partial charge in [0.25, 0.3) is 17.5 Å². The molecule has 2 N–H and O–H groups in total. The maximum Gasteiger partial charge on any atom is 0.407 e. The van der Waals surface area contributed by atoms with E-state index < -0.39 is 34.1 Å². The molecule has 0 bridgehead atoms. The van der Waals surface area contributed by atoms with E-state index in [0.29, 0.717) is 11.4 Å². The molecule has 0 radical (unpaired) electrons. The molecular weight excluding hydrogens is 404 g/mol. The van der Waals surface area contributed by atoms with Crippen LogP contribution in [0.4, 0.5) is 21.9 Å². The number of hydrogen-bond donors (Lipinski definition) is 2. The predicted octanol–water partition coefficient (Wildman–Crippen LogP) is 3.33. The number of nitrogens with zero attached hydrogens (tertiary/aromatic N) is 2. The van der Waals surface area contributed by atoms with Crippen molar-refractivity contribution in [1.29, 1.82) is 0 Å². The fourth-order valence-electron chi connectivity index (χ4n) is 3.17. The molecule has 10 heteroatoms. The summed E-state index contributed by atoms with van der Waals surface area (Å²) < 4.78 is 5.20. The molecule has 0 saturated heterocycles. The molecule has 31 heavy (non-hydrogen) atoms. The van der Waals surface area contributed by atoms with Gasteiger partial charge in [-0.05, 0) is 39.0 Å². The predicted molar refractivity (Wildman–Crippen MR) is 113 cm³/mol. The van der Waals surface area contributed by atoms with Crippen molar-refractivity contribution >= 4 is 35.0 Å². The first-order valence-corrected chi connectivity index (χ1v) is 9.55. The van der Waals surface area contributed by atoms with Gasteiger partial charge < -0.3 is 20.3 Å². The Balaban J connectivity index is 1.96. The molecule has 0 aromatic heterocycles. The average molecular weight is 426 g/mol. The van der Waals surface area contributed by atoms with Gasteiger partial charge in [0.05, 0.1) is 21.9 Å². The first-order valence-electron chi connectivity index (χ1n) is 9.55. The van der Waals surface area contributed by atoms with Gasteiger partial charge in [-0.3, -0.25) is 19.7 Å². The summed E-state index contributed by atoms with van der Waals surface area (Å²) in [6.45, 7) is 5.31. The van der Waals surface area contributed by atoms with Crippen molar-refractivity contribution in [1.82, 2.24) is 5.32 Å². The summed E-state index contributed by atoms with van der Waals surface area (Å²) in [5.41, 5.74) is -0.814. The van der Waals surface area contributed by atoms with Crippen LogP contribution in [0.25, 0.3) is 0 Å². The standard InChI is InChI=1S/C21H22N4O6/c1-21(2,3)31-20(28)22-11-12-24-15-9-5-4-8-14(15)23-18(26)17-13(19(24)27)7-6-10-16(17)25(29)30/h4-10H,11-12H2,1-3H3,(H,22,28)(H,23,26). The molecule has 0 aliphatic carbocycles. The smallest absolute Gasteiger partial charge is 0.407 e. The van der Waals surface area contributed by atoms with Crippen molar-refractivity contribution in [2.24, 2.45) is 0 Å². The third-order valence-corrected chi connectivity index (χ3v) is 4.39. The number of carbonyl (C=O) groups excluding carboxylic acids is 3. The van der Waals surface area contributed by atoms with Crippen LogP contribution in [0.2, 0.25) is 0 Å². The molecule has 1 heterocycles. The van der Waals surface area contributed by atoms with Gasteiger partial charge in [-0.2, -0.15) is 0 Å². The molecule has 0 atom stereocenters. The van der Waals surface area contributed by atoms with E-state index in [1.807, 2.05) is 0 Å². The highest BCUT2D eigenvalue weighted by Crippen LogP contribution is 2.33. The maximum absolute atomic E-state index is 13.4. The Kier molecular flexibility index (Phi) is 5.91. The second-order valence-electron chi connectivity index (χ2n) is 7.81. The number of nitro groups is 1. The average Bonchev–Trinajstić information content (AvgIpc) is 2.68. The van der Waals surface area contributed by atoms with E-state index in [1.54, 1.807) is 45.0 Å². The lowest BCUT2D eigenvalue weighted by molar-refractivity contribution is -0.385. The molecule has 162 valence electrons. The van der Waals surface area contributed by atoms with E-state index in [1.165, 1.54) is 23.1 Å². The topological polar surface area (TPSA) is 131 Å². The van der Waals surface area contributed by atoms with Crippen LogP contribution < -0.4 is 15.5 Å². The van der Waals surface area contributed by atoms with Gasteiger partial charge in [-0.1, -0.05) is 18.2 Å². The highest BCUT2D eigenvalue weighted by atomic mass is 16.6. The first-order chi connectivity index (χ1) is 14.6. The number of anilines is 2. The number of hydrogen-bond acceptors (Lipinski definition) is 6. The first kappa shape index (κ1) is 21.8. The van der Waals surface area contributed by atoms with Crippen LogP contribution in [0, 0.1) is 10.1 Å². The number of rotatable bonds is 4. The van der Waals surface area contributed by atoms with Crippen LogP contribution >= 0.6 is 0 Å². The molecule has 3 rings (SSSR count). The summed E-state index contributed by atoms with van der Waals surface area (Å²) in [4.78, 5) is 50.2. The number of para-hydroxylation sites is 2. The van der Waals surface area contributed by atoms with Gasteiger partial charge in [0.1, 0.15) is 11.2 Å². The Morgan fingerprint density at radius 1 is 1.16 bits per heavy atom. The van der Waals surface area contributed by atoms with Gasteiger partial charge in [-0.25, -0.2) is 4.79 Å². The molecule has 0 unspecified atom stereocenters. The Hall–Kier alpha value is -3.95. The van der Waals surface area contributed by atoms with Gasteiger partial charge in [0.2, 0.25) is 0 Å². The van der Waals surface area contributed by atoms with Crippen molar-refractivity contribution in [3.63, 3.8) is 0 Å². The number of fused-ring (bicyclic) bond motifs is 2. The maximum atomic E-state index is 13.4. The monoisotopic (exact) mass is 426 g/mol. The Morgan fingerprint density at radius 3 is 2.55 bits per heavy atom. The molecule has 2 aromatic carbocycles. The molecule has 0 saturated carbocycles. The van der Waals surface area contributed by atoms with Gasteiger partial charge in [0.15, 0.2) is 0 Å². The molecule has 0 fully saturated rings. The minimum Gasteiger partial charge on any atom is -0.444 e. The minimum atomic E-state index is -0.741. The van der Waals surface area contributed by atoms with E-state index in [9.17, 15) is 24.5 Å². The van der Waals surface area contributed by atoms with Crippen LogP contribution in [-0.2, 0) is 4.74 Å². The normalized spacial score (nSPS) is 13.3. The summed E-state index contributed by atoms with van der Waals surface area (Å²) in [5.74, 6) is -1.33. The summed E-state index contributed by atoms with van der Waals surface area (Å²) >= 11 is 0. The molecule has 1 aliphatic heterocycles. The number of alkyl carbamates (subject to hydrolysis) is 1. The zero-order valence-corrected chi connectivity index (χ0v) is 17.3. The summed E-state index contributed by atoms with van der Waals surface area (Å²) in [7, 11) is 0. The fourth-order valence-corrected chi connectivity index (χ4v) is 3.17. The largest absolute Gasteiger partial charge is 0.444 e. The number of carbonyl (C=O) groups is 3. The molecular formula is C21H22N4O6. The van der Waals surface area contributed by atoms with Gasteiger partial charge >= 0.3 is 6.09 Å². The van der Waals surface area contributed by atoms with E-state index in [2.05, 4.69) is 10.6 Å². The molecule has 1 aliphatic rings. The minimum absolute atomic E-state index is 0.0487. The molecule has 2 aromatic rings. The summed E-state index contributed by atoms with van der Waals surface area (Å²) in [5, 5.41) is 16.7. The number of amides is 3. The zero-order chi connectivity index (χ0) is 22.8. The van der Waals surface area contributed by atoms with Crippen LogP contribution in [0.3, 0.4) is 0 Å². The molecule has 0 spiro atoms. The quantitative estimate of drug-likeness (QED) is 0.569. The van der Waals surface area contributed by atoms with Crippen molar-refractivity contribution in [2.75, 3.05) is 23.3 Å². The molecule has 10 nitrogen and oxygen atoms in total. The summed E-state index contributed by atoms with van der Waals surface area (Å²) in [6, 6.07) is 10.5. The Morgan fingerprint density at radius 2 is 1.87 bits per heavy atom. The lowest BCUT2D eigenvalue weighted by Gasteiger charge is -2.28. The van der Waals surface area contributed by atoms with Crippen molar-refractivity contribution in [3.05, 3.63) is 63.7 Å². The lowest BCUT2D eigenvalue weighted by atomic mass is 10.0. The van der Waals surface area contributed by atoms with E-state index >= 15 is 0 Å². The van der Waals surface area contributed by atoms with E-state index in [0.717, 1.165) is 0 Å². The Labute approximate surface area is 178 Å². The number of ether oxygens (including phenoxy) is 1. The van der Waals surface area contributed by atoms with Crippen LogP contribution in [0.15, 0.2) is 42.5 Å². The zero-order valence-electron chi connectivity index (χ0n) is 17.3. The van der Waals surface area contributed by atoms with Crippen LogP contribution in [-0.4, -0.2) is 41.5 Å². The van der Waals surface area contributed by atoms with Crippen molar-refractivity contribution < 1.29 is 24.0 Å². The van der Waals surface area contributed by atoms with Crippen molar-refractivity contribution in [2.45, 2.75) is 26.4 Å². The Bertz CT molecular complexity index is 1060. The highest BCUT2D eigenvalue weighted by molar-refractivity contribution is 6.21.